The number of carbonyl (C=O) groups excluding carboxylic acids is 3. The number of esters is 1. The van der Waals surface area contributed by atoms with Crippen molar-refractivity contribution in [3.05, 3.63) is 53.4 Å². The fraction of sp³-hybridized carbons (Fsp3) is 0.628. The van der Waals surface area contributed by atoms with E-state index >= 15 is 0 Å². The molecular formula is C43H64N6O6. The zero-order chi connectivity index (χ0) is 40.2. The summed E-state index contributed by atoms with van der Waals surface area (Å²) in [4.78, 5) is 50.1. The normalized spacial score (nSPS) is 24.9. The van der Waals surface area contributed by atoms with Crippen LogP contribution in [-0.2, 0) is 36.8 Å². The smallest absolute Gasteiger partial charge is 0.410 e. The molecule has 0 radical (unpaired) electrons. The van der Waals surface area contributed by atoms with Crippen molar-refractivity contribution < 1.29 is 28.6 Å². The molecule has 0 saturated carbocycles. The van der Waals surface area contributed by atoms with Crippen molar-refractivity contribution in [2.75, 3.05) is 46.9 Å². The lowest BCUT2D eigenvalue weighted by atomic mass is 9.83. The number of amides is 2. The Kier molecular flexibility index (Phi) is 13.4. The third-order valence-electron chi connectivity index (χ3n) is 11.1. The van der Waals surface area contributed by atoms with Gasteiger partial charge in [-0.25, -0.2) is 10.2 Å². The molecule has 1 aromatic carbocycles. The number of nitrogens with one attached hydrogen (secondary N) is 1. The number of aromatic nitrogens is 1. The first-order chi connectivity index (χ1) is 26.0. The molecule has 2 saturated heterocycles. The number of benzene rings is 1. The lowest BCUT2D eigenvalue weighted by Crippen LogP contribution is -2.62. The number of ether oxygens (including phenoxy) is 3. The number of likely N-dealkylation sites (N-methyl/N-ethyl adjacent to an activating group) is 1. The minimum absolute atomic E-state index is 0.180. The summed E-state index contributed by atoms with van der Waals surface area (Å²) in [5, 5.41) is 2.66. The van der Waals surface area contributed by atoms with Gasteiger partial charge >= 0.3 is 12.1 Å². The van der Waals surface area contributed by atoms with E-state index in [2.05, 4.69) is 60.4 Å². The summed E-state index contributed by atoms with van der Waals surface area (Å²) in [6, 6.07) is 5.30. The van der Waals surface area contributed by atoms with E-state index in [1.807, 2.05) is 40.7 Å². The van der Waals surface area contributed by atoms with Gasteiger partial charge in [-0.1, -0.05) is 32.6 Å². The summed E-state index contributed by atoms with van der Waals surface area (Å²) in [6.45, 7) is 23.2. The van der Waals surface area contributed by atoms with Crippen LogP contribution in [0, 0.1) is 5.41 Å². The number of allylic oxidation sites excluding steroid dienone is 2. The summed E-state index contributed by atoms with van der Waals surface area (Å²) < 4.78 is 20.0. The topological polar surface area (TPSA) is 118 Å². The molecular weight excluding hydrogens is 697 g/mol. The van der Waals surface area contributed by atoms with Crippen LogP contribution in [0.5, 0.6) is 0 Å². The van der Waals surface area contributed by atoms with Crippen LogP contribution in [0.15, 0.2) is 41.5 Å². The van der Waals surface area contributed by atoms with Gasteiger partial charge in [-0.2, -0.15) is 0 Å². The van der Waals surface area contributed by atoms with Crippen LogP contribution in [0.2, 0.25) is 0 Å². The molecule has 0 aliphatic carbocycles. The second-order valence-corrected chi connectivity index (χ2v) is 17.1. The molecule has 1 N–H and O–H groups in total. The number of piperidine rings is 1. The van der Waals surface area contributed by atoms with Crippen molar-refractivity contribution in [1.29, 1.82) is 0 Å². The molecule has 3 aliphatic heterocycles. The first kappa shape index (κ1) is 42.1. The van der Waals surface area contributed by atoms with Gasteiger partial charge in [-0.05, 0) is 109 Å². The molecule has 5 atom stereocenters. The van der Waals surface area contributed by atoms with Crippen LogP contribution in [0.3, 0.4) is 0 Å². The van der Waals surface area contributed by atoms with E-state index in [0.717, 1.165) is 65.9 Å². The number of hydrogen-bond acceptors (Lipinski definition) is 9. The number of fused-ring (bicyclic) bond motifs is 6. The van der Waals surface area contributed by atoms with E-state index in [0.29, 0.717) is 32.4 Å². The highest BCUT2D eigenvalue weighted by atomic mass is 16.6. The molecule has 1 aromatic heterocycles. The molecule has 0 spiro atoms. The molecule has 3 aliphatic rings. The van der Waals surface area contributed by atoms with Crippen LogP contribution in [-0.4, -0.2) is 114 Å². The minimum Gasteiger partial charge on any atom is -0.464 e. The maximum Gasteiger partial charge on any atom is 0.410 e. The lowest BCUT2D eigenvalue weighted by Gasteiger charge is -2.41. The van der Waals surface area contributed by atoms with E-state index in [1.54, 1.807) is 20.4 Å². The monoisotopic (exact) mass is 760 g/mol. The molecule has 55 heavy (non-hydrogen) atoms. The average Bonchev–Trinajstić information content (AvgIpc) is 3.45. The maximum atomic E-state index is 14.4. The second kappa shape index (κ2) is 17.4. The molecule has 2 amide bonds. The van der Waals surface area contributed by atoms with Crippen LogP contribution >= 0.6 is 0 Å². The Morgan fingerprint density at radius 3 is 2.56 bits per heavy atom. The largest absolute Gasteiger partial charge is 0.464 e. The number of aliphatic imine (C=N–C) groups is 1. The Bertz CT molecular complexity index is 1800. The first-order valence-corrected chi connectivity index (χ1v) is 20.0. The van der Waals surface area contributed by atoms with E-state index in [9.17, 15) is 14.4 Å². The van der Waals surface area contributed by atoms with Crippen LogP contribution in [0.4, 0.5) is 4.79 Å². The number of rotatable bonds is 7. The number of hydrogen-bond donors (Lipinski definition) is 1. The molecule has 2 unspecified atom stereocenters. The second-order valence-electron chi connectivity index (χ2n) is 17.1. The van der Waals surface area contributed by atoms with Crippen molar-refractivity contribution in [1.82, 2.24) is 24.8 Å². The van der Waals surface area contributed by atoms with Gasteiger partial charge in [-0.15, -0.1) is 0 Å². The molecule has 302 valence electrons. The number of cyclic esters (lactones) is 1. The van der Waals surface area contributed by atoms with Gasteiger partial charge < -0.3 is 23.7 Å². The lowest BCUT2D eigenvalue weighted by molar-refractivity contribution is -0.156. The molecule has 12 nitrogen and oxygen atoms in total. The molecule has 12 heteroatoms. The molecule has 2 fully saturated rings. The highest BCUT2D eigenvalue weighted by Gasteiger charge is 2.39. The van der Waals surface area contributed by atoms with Crippen LogP contribution in [0.25, 0.3) is 16.5 Å². The Hall–Kier alpha value is -4.00. The predicted molar refractivity (Wildman–Crippen MR) is 218 cm³/mol. The predicted octanol–water partition coefficient (Wildman–Crippen LogP) is 6.72. The van der Waals surface area contributed by atoms with Crippen molar-refractivity contribution in [3.63, 3.8) is 0 Å². The fourth-order valence-corrected chi connectivity index (χ4v) is 8.23. The van der Waals surface area contributed by atoms with Crippen LogP contribution in [0.1, 0.15) is 104 Å². The molecule has 5 rings (SSSR count). The minimum atomic E-state index is -0.831. The zero-order valence-corrected chi connectivity index (χ0v) is 34.9. The van der Waals surface area contributed by atoms with Gasteiger partial charge in [-0.3, -0.25) is 24.5 Å². The Balaban J connectivity index is 1.67. The van der Waals surface area contributed by atoms with Crippen molar-refractivity contribution in [2.24, 2.45) is 10.4 Å². The third-order valence-corrected chi connectivity index (χ3v) is 11.1. The number of methoxy groups -OCH3 is 1. The van der Waals surface area contributed by atoms with Crippen molar-refractivity contribution in [3.8, 4) is 0 Å². The molecule has 6 bridgehead atoms. The van der Waals surface area contributed by atoms with Crippen LogP contribution < -0.4 is 5.43 Å². The molecule has 2 aromatic rings. The number of nitrogens with zero attached hydrogens (tertiary/aromatic N) is 5. The van der Waals surface area contributed by atoms with Gasteiger partial charge in [0.05, 0.1) is 24.1 Å². The number of hydrazine groups is 1. The zero-order valence-electron chi connectivity index (χ0n) is 34.9. The summed E-state index contributed by atoms with van der Waals surface area (Å²) in [6.07, 6.45) is 6.59. The van der Waals surface area contributed by atoms with E-state index in [-0.39, 0.29) is 24.5 Å². The van der Waals surface area contributed by atoms with Crippen molar-refractivity contribution >= 4 is 40.7 Å². The SMILES string of the molecule is C=C/C(=C(\N=C/C)[C@H](C)OC)c1c2c3cc(ccc3n1CC)C1CCCN(C1)C[C@H](N(C)C(=O)OC(C)(C)C)C(=O)N1CCC[C@H](N1)C(=O)OCC(C)(C)C2. The van der Waals surface area contributed by atoms with E-state index in [4.69, 9.17) is 19.2 Å². The number of aryl methyl sites for hydroxylation is 1. The maximum absolute atomic E-state index is 14.4. The standard InChI is InChI=1S/C43H64N6O6/c1-12-31(37(44-13-2)28(4)53-11)38-33-24-43(8,9)27-54-40(51)34-18-16-22-49(45-34)39(50)36(46(10)41(52)55-42(5,6)7)26-47-21-15-17-30(25-47)29-19-20-35(32(33)23-29)48(38)14-3/h12-13,19-20,23,28,30,34,36,45H,1,14-18,21-22,24-27H2,2-11H3/b37-31+,44-13-/t28-,30?,34-,36-/m0/s1. The van der Waals surface area contributed by atoms with Gasteiger partial charge in [0, 0.05) is 68.4 Å². The van der Waals surface area contributed by atoms with Gasteiger partial charge in [0.1, 0.15) is 17.7 Å². The fourth-order valence-electron chi connectivity index (χ4n) is 8.23. The highest BCUT2D eigenvalue weighted by molar-refractivity contribution is 5.94. The number of carbonyl (C=O) groups is 3. The van der Waals surface area contributed by atoms with Gasteiger partial charge in [0.15, 0.2) is 0 Å². The average molecular weight is 761 g/mol. The first-order valence-electron chi connectivity index (χ1n) is 20.0. The van der Waals surface area contributed by atoms with Crippen molar-refractivity contribution in [2.45, 2.75) is 124 Å². The third kappa shape index (κ3) is 9.52. The Morgan fingerprint density at radius 1 is 1.18 bits per heavy atom. The quantitative estimate of drug-likeness (QED) is 0.188. The van der Waals surface area contributed by atoms with E-state index < -0.39 is 35.2 Å². The van der Waals surface area contributed by atoms with Gasteiger partial charge in [0.2, 0.25) is 0 Å². The molecule has 4 heterocycles. The summed E-state index contributed by atoms with van der Waals surface area (Å²) in [7, 11) is 3.32. The van der Waals surface area contributed by atoms with Gasteiger partial charge in [0.25, 0.3) is 5.91 Å². The Labute approximate surface area is 327 Å². The summed E-state index contributed by atoms with van der Waals surface area (Å²) in [5.41, 5.74) is 8.26. The summed E-state index contributed by atoms with van der Waals surface area (Å²) in [5.74, 6) is -0.452. The Morgan fingerprint density at radius 2 is 1.91 bits per heavy atom. The highest BCUT2D eigenvalue weighted by Crippen LogP contribution is 2.40. The van der Waals surface area contributed by atoms with E-state index in [1.165, 1.54) is 15.5 Å². The summed E-state index contributed by atoms with van der Waals surface area (Å²) >= 11 is 0.